The van der Waals surface area contributed by atoms with Crippen molar-refractivity contribution in [2.75, 3.05) is 14.2 Å². The van der Waals surface area contributed by atoms with Gasteiger partial charge < -0.3 is 24.4 Å². The van der Waals surface area contributed by atoms with E-state index >= 15 is 70.2 Å². The van der Waals surface area contributed by atoms with E-state index in [1.54, 1.807) is 0 Å². The summed E-state index contributed by atoms with van der Waals surface area (Å²) in [4.78, 5) is 18.8. The lowest BCUT2D eigenvalue weighted by Crippen LogP contribution is -2.24. The molecule has 33 heteroatoms. The summed E-state index contributed by atoms with van der Waals surface area (Å²) in [6, 6.07) is 4.86. The van der Waals surface area contributed by atoms with Crippen LogP contribution in [0.2, 0.25) is 0 Å². The van der Waals surface area contributed by atoms with Gasteiger partial charge in [-0.25, -0.2) is 125 Å². The van der Waals surface area contributed by atoms with Gasteiger partial charge in [0.15, 0.2) is 128 Å². The number of aromatic amines is 3. The third-order valence-electron chi connectivity index (χ3n) is 14.3. The molecule has 482 valence electrons. The van der Waals surface area contributed by atoms with E-state index in [9.17, 15) is 39.5 Å². The number of aromatic nitrogens is 3. The van der Waals surface area contributed by atoms with Crippen LogP contribution in [0.15, 0.2) is 105 Å². The van der Waals surface area contributed by atoms with Gasteiger partial charge in [-0.2, -0.15) is 0 Å². The number of rotatable bonds is 12. The Bertz CT molecular complexity index is 5030. The highest BCUT2D eigenvalue weighted by Gasteiger charge is 2.39. The minimum atomic E-state index is -2.86. The number of halogens is 25. The molecule has 3 aromatic heterocycles. The zero-order chi connectivity index (χ0) is 68.3. The maximum absolute atomic E-state index is 16.4. The predicted octanol–water partition coefficient (Wildman–Crippen LogP) is 14.9. The second-order valence-electron chi connectivity index (χ2n) is 19.4. The lowest BCUT2D eigenvalue weighted by Gasteiger charge is -2.14. The molecule has 0 radical (unpaired) electrons. The van der Waals surface area contributed by atoms with Crippen molar-refractivity contribution in [3.8, 4) is 11.8 Å². The molecule has 0 spiro atoms. The molecule has 94 heavy (non-hydrogen) atoms. The van der Waals surface area contributed by atoms with Gasteiger partial charge in [0, 0.05) is 50.7 Å². The average Bonchev–Trinajstić information content (AvgIpc) is 1.53. The van der Waals surface area contributed by atoms with E-state index < -0.39 is 257 Å². The summed E-state index contributed by atoms with van der Waals surface area (Å²) >= 11 is 0. The Morgan fingerprint density at radius 2 is 0.457 bits per heavy atom. The lowest BCUT2D eigenvalue weighted by atomic mass is 9.97. The summed E-state index contributed by atoms with van der Waals surface area (Å²) in [5.41, 5.74) is -24.3. The molecule has 0 fully saturated rings. The maximum atomic E-state index is 16.4. The van der Waals surface area contributed by atoms with Gasteiger partial charge in [0.25, 0.3) is 0 Å². The smallest absolute Gasteiger partial charge is 0.200 e. The molecule has 0 amide bonds. The van der Waals surface area contributed by atoms with Crippen molar-refractivity contribution in [2.24, 2.45) is 15.0 Å². The Hall–Kier alpha value is -11.0. The fourth-order valence-corrected chi connectivity index (χ4v) is 10.0. The Kier molecular flexibility index (Phi) is 16.4. The molecule has 5 aromatic carbocycles. The molecule has 0 saturated carbocycles. The van der Waals surface area contributed by atoms with Crippen molar-refractivity contribution in [1.82, 2.24) is 15.0 Å². The number of hydrogen-bond donors (Lipinski definition) is 3. The summed E-state index contributed by atoms with van der Waals surface area (Å²) in [5, 5.41) is -2.30. The van der Waals surface area contributed by atoms with E-state index in [4.69, 9.17) is 9.47 Å². The second-order valence-corrected chi connectivity index (χ2v) is 19.4. The Morgan fingerprint density at radius 1 is 0.245 bits per heavy atom. The largest absolute Gasteiger partial charge is 0.482 e. The summed E-state index contributed by atoms with van der Waals surface area (Å²) in [6.45, 7) is 0. The number of ether oxygens (including phenoxy) is 2. The highest BCUT2D eigenvalue weighted by Crippen LogP contribution is 2.43. The van der Waals surface area contributed by atoms with Crippen LogP contribution in [0.5, 0.6) is 11.8 Å². The Labute approximate surface area is 504 Å². The molecular formula is C61H21F25N6O2. The quantitative estimate of drug-likeness (QED) is 0.0644. The highest BCUT2D eigenvalue weighted by atomic mass is 19.2. The first kappa shape index (κ1) is 64.5. The summed E-state index contributed by atoms with van der Waals surface area (Å²) in [6.07, 6.45) is 3.24. The van der Waals surface area contributed by atoms with Gasteiger partial charge in [-0.05, 0) is 60.7 Å². The minimum Gasteiger partial charge on any atom is -0.482 e. The monoisotopic (exact) mass is 1340 g/mol. The molecule has 8 aromatic rings. The van der Waals surface area contributed by atoms with Gasteiger partial charge in [-0.15, -0.1) is 0 Å². The number of benzene rings is 5. The zero-order valence-electron chi connectivity index (χ0n) is 45.5. The van der Waals surface area contributed by atoms with E-state index in [0.29, 0.717) is 48.6 Å². The van der Waals surface area contributed by atoms with Crippen LogP contribution in [0.1, 0.15) is 39.2 Å². The first-order valence-corrected chi connectivity index (χ1v) is 25.5. The van der Waals surface area contributed by atoms with E-state index in [1.165, 1.54) is 0 Å². The molecule has 0 bridgehead atoms. The Balaban J connectivity index is 1.25. The normalized spacial score (nSPS) is 16.0. The number of methoxy groups -OCH3 is 2. The molecular weight excluding hydrogens is 1320 g/mol. The maximum Gasteiger partial charge on any atom is 0.200 e. The number of nitrogens with one attached hydrogen (secondary N) is 3. The summed E-state index contributed by atoms with van der Waals surface area (Å²) < 4.78 is 395. The molecule has 0 aliphatic carbocycles. The van der Waals surface area contributed by atoms with Crippen LogP contribution < -0.4 is 20.2 Å². The highest BCUT2D eigenvalue weighted by molar-refractivity contribution is 6.35. The van der Waals surface area contributed by atoms with Crippen molar-refractivity contribution >= 4 is 45.0 Å². The van der Waals surface area contributed by atoms with Crippen LogP contribution in [0.3, 0.4) is 0 Å². The number of H-pyrrole nitrogens is 3. The number of allylic oxidation sites excluding steroid dienone is 7. The molecule has 8 nitrogen and oxygen atoms in total. The topological polar surface area (TPSA) is 103 Å². The van der Waals surface area contributed by atoms with Gasteiger partial charge >= 0.3 is 0 Å². The van der Waals surface area contributed by atoms with Crippen molar-refractivity contribution < 1.29 is 119 Å². The Morgan fingerprint density at radius 3 is 0.702 bits per heavy atom. The zero-order valence-corrected chi connectivity index (χ0v) is 45.5. The van der Waals surface area contributed by atoms with E-state index in [0.717, 1.165) is 38.5 Å². The standard InChI is InChI=1S/C61H21F25N6O2/c1-93-25-13-11-23(91-25)30(35-43(68)53(78)60(85)54(79)44(35)69)21-9-7-19(89-21)28(33-39(64)49(74)58(83)50(75)40(33)65)17-5-3-15(87-17)27(32-37(62)47(72)57(82)48(73)38(32)63)16-4-6-18(88-16)29(34-41(66)51(76)59(84)52(77)42(34)67)20-8-10-22(90-20)31(24-12-14-26(92-24)94-2)36-45(70)55(80)61(86)56(81)46(36)71/h3-14,87,91-92H,1-2H3/b27-15-,28-17+,29-18-,30-21-,31-22-. The van der Waals surface area contributed by atoms with Crippen LogP contribution in [0, 0.1) is 145 Å². The molecule has 6 heterocycles. The summed E-state index contributed by atoms with van der Waals surface area (Å²) in [7, 11) is 2.06. The first-order valence-electron chi connectivity index (χ1n) is 25.5. The van der Waals surface area contributed by atoms with Crippen LogP contribution >= 0.6 is 0 Å². The van der Waals surface area contributed by atoms with Crippen LogP contribution in [0.25, 0.3) is 27.9 Å². The van der Waals surface area contributed by atoms with Gasteiger partial charge in [-0.1, -0.05) is 0 Å². The van der Waals surface area contributed by atoms with E-state index in [-0.39, 0.29) is 11.8 Å². The van der Waals surface area contributed by atoms with Crippen LogP contribution in [-0.2, 0) is 0 Å². The second kappa shape index (κ2) is 23.9. The molecule has 3 aliphatic heterocycles. The SMILES string of the molecule is COc1ccc(/C(=C2\C=CC(C(/c3c(F)c(F)c(F)c(F)c3F)=c3/cc/c(=C(C4=N/C(=C(C5=N/C(=C(/c6ccc(OC)[nH]6)c6c(F)c(F)c(F)c(F)c6F)C=C5)\c5c(F)c(F)c(F)c(F)c5F)C=C4)/c4c(F)c(F)c(F)c(F)c4F)[nH]3)=N2)c2c(F)c(F)c(F)c(F)c2F)[nH]1. The molecule has 0 unspecified atom stereocenters. The van der Waals surface area contributed by atoms with Gasteiger partial charge in [0.1, 0.15) is 0 Å². The van der Waals surface area contributed by atoms with Crippen molar-refractivity contribution in [3.63, 3.8) is 0 Å². The lowest BCUT2D eigenvalue weighted by molar-refractivity contribution is 0.376. The van der Waals surface area contributed by atoms with Gasteiger partial charge in [-0.3, -0.25) is 0 Å². The van der Waals surface area contributed by atoms with E-state index in [1.807, 2.05) is 0 Å². The first-order chi connectivity index (χ1) is 44.5. The number of nitrogens with zero attached hydrogens (tertiary/aromatic N) is 3. The van der Waals surface area contributed by atoms with E-state index in [2.05, 4.69) is 29.9 Å². The van der Waals surface area contributed by atoms with Crippen molar-refractivity contribution in [3.05, 3.63) is 285 Å². The van der Waals surface area contributed by atoms with Crippen molar-refractivity contribution in [2.45, 2.75) is 0 Å². The predicted molar refractivity (Wildman–Crippen MR) is 280 cm³/mol. The third kappa shape index (κ3) is 10.1. The molecule has 11 rings (SSSR count). The third-order valence-corrected chi connectivity index (χ3v) is 14.3. The number of hydrogen-bond acceptors (Lipinski definition) is 5. The summed E-state index contributed by atoms with van der Waals surface area (Å²) in [5.74, 6) is -67.8. The van der Waals surface area contributed by atoms with Crippen molar-refractivity contribution in [1.29, 1.82) is 0 Å². The van der Waals surface area contributed by atoms with Gasteiger partial charge in [0.2, 0.25) is 29.1 Å². The average molecular weight is 1340 g/mol. The minimum absolute atomic E-state index is 0.277. The fraction of sp³-hybridized carbons (Fsp3) is 0.0328. The van der Waals surface area contributed by atoms with Gasteiger partial charge in [0.05, 0.1) is 87.7 Å². The molecule has 0 saturated heterocycles. The number of aliphatic imine (C=N–C) groups is 3. The fourth-order valence-electron chi connectivity index (χ4n) is 10.0. The molecule has 0 atom stereocenters. The van der Waals surface area contributed by atoms with Crippen LogP contribution in [0.4, 0.5) is 110 Å². The molecule has 3 aliphatic rings. The molecule has 3 N–H and O–H groups in total. The van der Waals surface area contributed by atoms with Crippen LogP contribution in [-0.4, -0.2) is 46.3 Å².